The van der Waals surface area contributed by atoms with Gasteiger partial charge in [-0.1, -0.05) is 6.92 Å². The predicted octanol–water partition coefficient (Wildman–Crippen LogP) is 1.81. The number of pyridine rings is 1. The summed E-state index contributed by atoms with van der Waals surface area (Å²) in [6.45, 7) is 6.49. The maximum atomic E-state index is 9.75. The predicted molar refractivity (Wildman–Crippen MR) is 76.3 cm³/mol. The molecule has 0 spiro atoms. The van der Waals surface area contributed by atoms with Crippen LogP contribution in [0.2, 0.25) is 0 Å². The van der Waals surface area contributed by atoms with E-state index in [1.165, 1.54) is 31.6 Å². The molecule has 0 radical (unpaired) electrons. The van der Waals surface area contributed by atoms with Crippen LogP contribution < -0.4 is 4.90 Å². The highest BCUT2D eigenvalue weighted by molar-refractivity contribution is 5.45. The Labute approximate surface area is 115 Å². The fourth-order valence-corrected chi connectivity index (χ4v) is 2.78. The number of nitrogens with zero attached hydrogens (tertiary/aromatic N) is 3. The lowest BCUT2D eigenvalue weighted by molar-refractivity contribution is 0.169. The Morgan fingerprint density at radius 1 is 1.26 bits per heavy atom. The SMILES string of the molecule is CC[C@@H](O)c1ccc(N2CCN(C3CC3)CC2)cn1. The van der Waals surface area contributed by atoms with E-state index >= 15 is 0 Å². The molecule has 2 heterocycles. The number of hydrogen-bond donors (Lipinski definition) is 1. The summed E-state index contributed by atoms with van der Waals surface area (Å²) < 4.78 is 0. The molecule has 4 nitrogen and oxygen atoms in total. The van der Waals surface area contributed by atoms with Crippen molar-refractivity contribution in [1.82, 2.24) is 9.88 Å². The number of aromatic nitrogens is 1. The van der Waals surface area contributed by atoms with Crippen LogP contribution in [0.25, 0.3) is 0 Å². The van der Waals surface area contributed by atoms with Crippen molar-refractivity contribution < 1.29 is 5.11 Å². The van der Waals surface area contributed by atoms with E-state index in [4.69, 9.17) is 0 Å². The van der Waals surface area contributed by atoms with Gasteiger partial charge in [-0.2, -0.15) is 0 Å². The minimum Gasteiger partial charge on any atom is -0.387 e. The van der Waals surface area contributed by atoms with Crippen molar-refractivity contribution in [2.24, 2.45) is 0 Å². The molecule has 4 heteroatoms. The fourth-order valence-electron chi connectivity index (χ4n) is 2.78. The number of piperazine rings is 1. The van der Waals surface area contributed by atoms with Crippen molar-refractivity contribution in [3.05, 3.63) is 24.0 Å². The molecule has 0 amide bonds. The van der Waals surface area contributed by atoms with Gasteiger partial charge in [-0.05, 0) is 31.4 Å². The molecule has 0 unspecified atom stereocenters. The molecule has 1 aromatic heterocycles. The normalized spacial score (nSPS) is 22.5. The third-order valence-electron chi connectivity index (χ3n) is 4.24. The van der Waals surface area contributed by atoms with Gasteiger partial charge in [-0.15, -0.1) is 0 Å². The molecule has 1 aromatic rings. The van der Waals surface area contributed by atoms with Gasteiger partial charge in [-0.3, -0.25) is 9.88 Å². The first-order chi connectivity index (χ1) is 9.28. The monoisotopic (exact) mass is 261 g/mol. The summed E-state index contributed by atoms with van der Waals surface area (Å²) in [6, 6.07) is 4.92. The highest BCUT2D eigenvalue weighted by atomic mass is 16.3. The second-order valence-corrected chi connectivity index (χ2v) is 5.62. The standard InChI is InChI=1S/C15H23N3O/c1-2-15(19)14-6-5-13(11-16-14)18-9-7-17(8-10-18)12-3-4-12/h5-6,11-12,15,19H,2-4,7-10H2,1H3/t15-/m1/s1. The molecule has 2 aliphatic rings. The number of anilines is 1. The second-order valence-electron chi connectivity index (χ2n) is 5.62. The summed E-state index contributed by atoms with van der Waals surface area (Å²) in [5.74, 6) is 0. The van der Waals surface area contributed by atoms with Gasteiger partial charge in [-0.25, -0.2) is 0 Å². The third kappa shape index (κ3) is 2.90. The van der Waals surface area contributed by atoms with E-state index in [1.54, 1.807) is 0 Å². The summed E-state index contributed by atoms with van der Waals surface area (Å²) in [5.41, 5.74) is 1.96. The van der Waals surface area contributed by atoms with Crippen LogP contribution in [0, 0.1) is 0 Å². The highest BCUT2D eigenvalue weighted by Gasteiger charge is 2.31. The Balaban J connectivity index is 1.60. The molecule has 2 fully saturated rings. The molecule has 1 saturated heterocycles. The lowest BCUT2D eigenvalue weighted by atomic mass is 10.2. The molecular weight excluding hydrogens is 238 g/mol. The maximum Gasteiger partial charge on any atom is 0.0957 e. The van der Waals surface area contributed by atoms with E-state index in [1.807, 2.05) is 19.2 Å². The summed E-state index contributed by atoms with van der Waals surface area (Å²) in [5, 5.41) is 9.75. The lowest BCUT2D eigenvalue weighted by Gasteiger charge is -2.36. The number of aliphatic hydroxyl groups excluding tert-OH is 1. The average molecular weight is 261 g/mol. The van der Waals surface area contributed by atoms with Gasteiger partial charge < -0.3 is 10.0 Å². The first-order valence-corrected chi connectivity index (χ1v) is 7.41. The average Bonchev–Trinajstić information content (AvgIpc) is 3.31. The maximum absolute atomic E-state index is 9.75. The minimum atomic E-state index is -0.430. The van der Waals surface area contributed by atoms with Crippen molar-refractivity contribution in [1.29, 1.82) is 0 Å². The zero-order valence-electron chi connectivity index (χ0n) is 11.6. The van der Waals surface area contributed by atoms with Crippen molar-refractivity contribution in [2.45, 2.75) is 38.3 Å². The Bertz CT molecular complexity index is 408. The van der Waals surface area contributed by atoms with Crippen molar-refractivity contribution in [2.75, 3.05) is 31.1 Å². The van der Waals surface area contributed by atoms with E-state index in [9.17, 15) is 5.11 Å². The molecule has 3 rings (SSSR count). The molecular formula is C15H23N3O. The first-order valence-electron chi connectivity index (χ1n) is 7.41. The Morgan fingerprint density at radius 3 is 2.53 bits per heavy atom. The zero-order valence-corrected chi connectivity index (χ0v) is 11.6. The van der Waals surface area contributed by atoms with Crippen LogP contribution >= 0.6 is 0 Å². The molecule has 1 atom stereocenters. The Morgan fingerprint density at radius 2 is 2.00 bits per heavy atom. The van der Waals surface area contributed by atoms with Gasteiger partial charge in [0.25, 0.3) is 0 Å². The van der Waals surface area contributed by atoms with Gasteiger partial charge >= 0.3 is 0 Å². The summed E-state index contributed by atoms with van der Waals surface area (Å²) in [6.07, 6.45) is 4.98. The second kappa shape index (κ2) is 5.47. The largest absolute Gasteiger partial charge is 0.387 e. The highest BCUT2D eigenvalue weighted by Crippen LogP contribution is 2.28. The molecule has 0 aromatic carbocycles. The molecule has 1 aliphatic carbocycles. The van der Waals surface area contributed by atoms with Crippen molar-refractivity contribution in [3.8, 4) is 0 Å². The van der Waals surface area contributed by atoms with E-state index in [0.29, 0.717) is 6.42 Å². The van der Waals surface area contributed by atoms with Crippen LogP contribution in [-0.4, -0.2) is 47.2 Å². The van der Waals surface area contributed by atoms with E-state index < -0.39 is 6.10 Å². The van der Waals surface area contributed by atoms with Crippen molar-refractivity contribution >= 4 is 5.69 Å². The van der Waals surface area contributed by atoms with Gasteiger partial charge in [0.15, 0.2) is 0 Å². The van der Waals surface area contributed by atoms with E-state index in [2.05, 4.69) is 20.9 Å². The van der Waals surface area contributed by atoms with Crippen LogP contribution in [-0.2, 0) is 0 Å². The molecule has 1 saturated carbocycles. The van der Waals surface area contributed by atoms with Crippen LogP contribution in [0.3, 0.4) is 0 Å². The summed E-state index contributed by atoms with van der Waals surface area (Å²) in [7, 11) is 0. The van der Waals surface area contributed by atoms with E-state index in [-0.39, 0.29) is 0 Å². The zero-order chi connectivity index (χ0) is 13.2. The van der Waals surface area contributed by atoms with Crippen LogP contribution in [0.1, 0.15) is 38.0 Å². The quantitative estimate of drug-likeness (QED) is 0.897. The molecule has 1 N–H and O–H groups in total. The molecule has 1 aliphatic heterocycles. The van der Waals surface area contributed by atoms with E-state index in [0.717, 1.165) is 24.8 Å². The van der Waals surface area contributed by atoms with Crippen LogP contribution in [0.4, 0.5) is 5.69 Å². The summed E-state index contributed by atoms with van der Waals surface area (Å²) >= 11 is 0. The number of hydrogen-bond acceptors (Lipinski definition) is 4. The van der Waals surface area contributed by atoms with Gasteiger partial charge in [0.1, 0.15) is 0 Å². The van der Waals surface area contributed by atoms with Crippen molar-refractivity contribution in [3.63, 3.8) is 0 Å². The number of aliphatic hydroxyl groups is 1. The molecule has 0 bridgehead atoms. The molecule has 19 heavy (non-hydrogen) atoms. The third-order valence-corrected chi connectivity index (χ3v) is 4.24. The Kier molecular flexibility index (Phi) is 3.71. The number of rotatable bonds is 4. The van der Waals surface area contributed by atoms with Gasteiger partial charge in [0, 0.05) is 32.2 Å². The Hall–Kier alpha value is -1.13. The van der Waals surface area contributed by atoms with Crippen LogP contribution in [0.5, 0.6) is 0 Å². The topological polar surface area (TPSA) is 39.6 Å². The smallest absolute Gasteiger partial charge is 0.0957 e. The lowest BCUT2D eigenvalue weighted by Crippen LogP contribution is -2.47. The summed E-state index contributed by atoms with van der Waals surface area (Å²) in [4.78, 5) is 9.39. The fraction of sp³-hybridized carbons (Fsp3) is 0.667. The van der Waals surface area contributed by atoms with Gasteiger partial charge in [0.05, 0.1) is 23.7 Å². The molecule has 104 valence electrons. The van der Waals surface area contributed by atoms with Crippen LogP contribution in [0.15, 0.2) is 18.3 Å². The minimum absolute atomic E-state index is 0.430. The van der Waals surface area contributed by atoms with Gasteiger partial charge in [0.2, 0.25) is 0 Å². The first kappa shape index (κ1) is 12.9.